The molecular weight excluding hydrogens is 622 g/mol. The third kappa shape index (κ3) is 7.55. The van der Waals surface area contributed by atoms with Crippen LogP contribution in [0, 0.1) is 7.14 Å². The van der Waals surface area contributed by atoms with Gasteiger partial charge < -0.3 is 0 Å². The van der Waals surface area contributed by atoms with Gasteiger partial charge in [-0.15, -0.1) is 0 Å². The first-order valence-electron chi connectivity index (χ1n) is 8.52. The summed E-state index contributed by atoms with van der Waals surface area (Å²) < 4.78 is 22.1. The Morgan fingerprint density at radius 3 is 0.933 bits per heavy atom. The SMILES string of the molecule is CC(=O)OI(OC(C)=O)c1ccc(-c2ccc(I(OC(C)=O)OC(C)=O)cc2)cc1. The zero-order valence-electron chi connectivity index (χ0n) is 16.6. The minimum atomic E-state index is -2.86. The van der Waals surface area contributed by atoms with Crippen LogP contribution < -0.4 is 0 Å². The first-order chi connectivity index (χ1) is 14.2. The van der Waals surface area contributed by atoms with Crippen molar-refractivity contribution >= 4 is 65.2 Å². The van der Waals surface area contributed by atoms with E-state index < -0.39 is 65.2 Å². The van der Waals surface area contributed by atoms with E-state index in [1.165, 1.54) is 27.7 Å². The van der Waals surface area contributed by atoms with E-state index in [4.69, 9.17) is 12.3 Å². The van der Waals surface area contributed by atoms with E-state index in [0.717, 1.165) is 11.1 Å². The molecule has 0 aliphatic heterocycles. The van der Waals surface area contributed by atoms with Crippen LogP contribution in [0.25, 0.3) is 11.1 Å². The van der Waals surface area contributed by atoms with Crippen LogP contribution in [0.1, 0.15) is 27.7 Å². The van der Waals surface area contributed by atoms with Crippen molar-refractivity contribution in [3.05, 3.63) is 55.7 Å². The molecule has 2 aromatic rings. The number of carbonyl (C=O) groups excluding carboxylic acids is 4. The van der Waals surface area contributed by atoms with Gasteiger partial charge in [-0.25, -0.2) is 0 Å². The van der Waals surface area contributed by atoms with Crippen LogP contribution in [0.3, 0.4) is 0 Å². The van der Waals surface area contributed by atoms with Gasteiger partial charge in [-0.2, -0.15) is 0 Å². The number of hydrogen-bond donors (Lipinski definition) is 0. The van der Waals surface area contributed by atoms with Crippen LogP contribution in [0.5, 0.6) is 0 Å². The minimum absolute atomic E-state index is 0.499. The molecule has 0 bridgehead atoms. The fraction of sp³-hybridized carbons (Fsp3) is 0.200. The summed E-state index contributed by atoms with van der Waals surface area (Å²) in [5.74, 6) is -2.00. The van der Waals surface area contributed by atoms with Crippen molar-refractivity contribution in [3.8, 4) is 11.1 Å². The number of halogens is 2. The summed E-state index contributed by atoms with van der Waals surface area (Å²) in [6.07, 6.45) is 0. The summed E-state index contributed by atoms with van der Waals surface area (Å²) in [5, 5.41) is 0. The molecule has 0 radical (unpaired) electrons. The van der Waals surface area contributed by atoms with Gasteiger partial charge in [-0.05, 0) is 0 Å². The molecule has 2 rings (SSSR count). The molecule has 30 heavy (non-hydrogen) atoms. The Morgan fingerprint density at radius 2 is 0.733 bits per heavy atom. The Morgan fingerprint density at radius 1 is 0.500 bits per heavy atom. The Hall–Kier alpha value is -2.22. The molecule has 0 atom stereocenters. The Labute approximate surface area is 190 Å². The van der Waals surface area contributed by atoms with Crippen molar-refractivity contribution in [1.29, 1.82) is 0 Å². The van der Waals surface area contributed by atoms with Crippen molar-refractivity contribution < 1.29 is 31.4 Å². The second-order valence-corrected chi connectivity index (χ2v) is 12.5. The summed E-state index contributed by atoms with van der Waals surface area (Å²) in [7, 11) is 0. The van der Waals surface area contributed by atoms with Gasteiger partial charge in [-0.1, -0.05) is 0 Å². The van der Waals surface area contributed by atoms with Gasteiger partial charge in [0.1, 0.15) is 0 Å². The molecule has 0 aliphatic rings. The van der Waals surface area contributed by atoms with E-state index in [0.29, 0.717) is 7.14 Å². The number of benzene rings is 2. The van der Waals surface area contributed by atoms with Crippen LogP contribution in [-0.4, -0.2) is 23.9 Å². The van der Waals surface area contributed by atoms with Crippen molar-refractivity contribution in [2.45, 2.75) is 27.7 Å². The quantitative estimate of drug-likeness (QED) is 0.404. The second kappa shape index (κ2) is 11.2. The number of hydrogen-bond acceptors (Lipinski definition) is 8. The molecule has 8 nitrogen and oxygen atoms in total. The Bertz CT molecular complexity index is 815. The molecule has 2 aromatic carbocycles. The molecule has 0 fully saturated rings. The molecule has 0 N–H and O–H groups in total. The van der Waals surface area contributed by atoms with E-state index in [1.807, 2.05) is 24.3 Å². The third-order valence-corrected chi connectivity index (χ3v) is 10.6. The van der Waals surface area contributed by atoms with Gasteiger partial charge >= 0.3 is 191 Å². The predicted molar refractivity (Wildman–Crippen MR) is 124 cm³/mol. The summed E-state index contributed by atoms with van der Waals surface area (Å²) in [6, 6.07) is 14.4. The first-order valence-corrected chi connectivity index (χ1v) is 14.2. The third-order valence-electron chi connectivity index (χ3n) is 3.09. The summed E-state index contributed by atoms with van der Waals surface area (Å²) in [5.41, 5.74) is 1.76. The topological polar surface area (TPSA) is 105 Å². The molecular formula is C20H20I2O8. The van der Waals surface area contributed by atoms with E-state index in [1.54, 1.807) is 24.3 Å². The number of carbonyl (C=O) groups is 4. The van der Waals surface area contributed by atoms with Crippen molar-refractivity contribution in [2.24, 2.45) is 0 Å². The molecule has 0 saturated heterocycles. The van der Waals surface area contributed by atoms with E-state index in [9.17, 15) is 19.2 Å². The van der Waals surface area contributed by atoms with Gasteiger partial charge in [0.2, 0.25) is 0 Å². The molecule has 0 amide bonds. The Balaban J connectivity index is 2.21. The van der Waals surface area contributed by atoms with Crippen LogP contribution in [-0.2, 0) is 31.4 Å². The fourth-order valence-electron chi connectivity index (χ4n) is 2.09. The maximum absolute atomic E-state index is 11.3. The molecule has 0 aromatic heterocycles. The van der Waals surface area contributed by atoms with E-state index in [-0.39, 0.29) is 0 Å². The van der Waals surface area contributed by atoms with Crippen molar-refractivity contribution in [1.82, 2.24) is 0 Å². The predicted octanol–water partition coefficient (Wildman–Crippen LogP) is 4.62. The number of rotatable bonds is 7. The van der Waals surface area contributed by atoms with Gasteiger partial charge in [0.25, 0.3) is 0 Å². The first kappa shape index (κ1) is 24.1. The molecule has 0 saturated carbocycles. The van der Waals surface area contributed by atoms with E-state index >= 15 is 0 Å². The molecule has 0 heterocycles. The summed E-state index contributed by atoms with van der Waals surface area (Å²) >= 11 is -5.72. The van der Waals surface area contributed by atoms with Gasteiger partial charge in [0.05, 0.1) is 0 Å². The van der Waals surface area contributed by atoms with Gasteiger partial charge in [0.15, 0.2) is 0 Å². The van der Waals surface area contributed by atoms with Gasteiger partial charge in [-0.3, -0.25) is 0 Å². The van der Waals surface area contributed by atoms with Crippen molar-refractivity contribution in [3.63, 3.8) is 0 Å². The Kier molecular flexibility index (Phi) is 9.02. The fourth-order valence-corrected chi connectivity index (χ4v) is 7.44. The second-order valence-electron chi connectivity index (χ2n) is 5.72. The average Bonchev–Trinajstić information content (AvgIpc) is 2.66. The van der Waals surface area contributed by atoms with Gasteiger partial charge in [0, 0.05) is 0 Å². The molecule has 162 valence electrons. The summed E-state index contributed by atoms with van der Waals surface area (Å²) in [6.45, 7) is 5.08. The normalized spacial score (nSPS) is 11.1. The molecule has 0 unspecified atom stereocenters. The zero-order valence-corrected chi connectivity index (χ0v) is 21.0. The maximum atomic E-state index is 11.3. The standard InChI is InChI=1S/C20H20I2O8/c1-13(23)27-21(28-14(2)24)19-9-5-17(6-10-19)18-7-11-20(12-8-18)22(29-15(3)25)30-16(4)26/h5-12H,1-4H3. The van der Waals surface area contributed by atoms with Crippen LogP contribution >= 0.6 is 41.3 Å². The van der Waals surface area contributed by atoms with E-state index in [2.05, 4.69) is 0 Å². The van der Waals surface area contributed by atoms with Crippen molar-refractivity contribution in [2.75, 3.05) is 0 Å². The molecule has 0 aliphatic carbocycles. The average molecular weight is 642 g/mol. The van der Waals surface area contributed by atoms with Crippen LogP contribution in [0.15, 0.2) is 48.5 Å². The van der Waals surface area contributed by atoms with Crippen LogP contribution in [0.4, 0.5) is 0 Å². The van der Waals surface area contributed by atoms with Crippen LogP contribution in [0.2, 0.25) is 0 Å². The molecule has 10 heteroatoms. The zero-order chi connectivity index (χ0) is 22.3. The monoisotopic (exact) mass is 642 g/mol. The summed E-state index contributed by atoms with van der Waals surface area (Å²) in [4.78, 5) is 45.1. The molecule has 0 spiro atoms.